The molecule has 0 aliphatic heterocycles. The molecule has 0 spiro atoms. The molecule has 0 aromatic rings. The molecule has 0 aromatic heterocycles. The van der Waals surface area contributed by atoms with E-state index in [1.165, 1.54) is 32.1 Å². The number of hydrogen-bond donors (Lipinski definition) is 13. The van der Waals surface area contributed by atoms with Crippen molar-refractivity contribution in [2.75, 3.05) is 72.5 Å². The Morgan fingerprint density at radius 3 is 1.14 bits per heavy atom. The number of carbonyl (C=O) groups excluding carboxylic acids is 6. The van der Waals surface area contributed by atoms with Crippen LogP contribution in [0.3, 0.4) is 0 Å². The molecule has 0 aliphatic rings. The van der Waals surface area contributed by atoms with Crippen LogP contribution in [-0.4, -0.2) is 176 Å². The van der Waals surface area contributed by atoms with Crippen molar-refractivity contribution in [1.82, 2.24) is 37.3 Å². The number of ether oxygens (including phenoxy) is 4. The monoisotopic (exact) mass is 1130 g/mol. The van der Waals surface area contributed by atoms with Gasteiger partial charge in [-0.15, -0.1) is 0 Å². The summed E-state index contributed by atoms with van der Waals surface area (Å²) >= 11 is 0. The summed E-state index contributed by atoms with van der Waals surface area (Å²) in [4.78, 5) is 119. The smallest absolute Gasteiger partial charge is 0.326 e. The summed E-state index contributed by atoms with van der Waals surface area (Å²) in [5.41, 5.74) is 8.56. The highest BCUT2D eigenvalue weighted by molar-refractivity contribution is 5.87. The molecule has 6 amide bonds. The molecular weight excluding hydrogens is 1040 g/mol. The van der Waals surface area contributed by atoms with Crippen LogP contribution in [0.1, 0.15) is 161 Å². The molecule has 79 heavy (non-hydrogen) atoms. The van der Waals surface area contributed by atoms with Gasteiger partial charge in [-0.2, -0.15) is 0 Å². The summed E-state index contributed by atoms with van der Waals surface area (Å²) in [5.74, 6) is -2.50. The van der Waals surface area contributed by atoms with Crippen LogP contribution in [0.2, 0.25) is 0 Å². The lowest BCUT2D eigenvalue weighted by molar-refractivity contribution is -0.144. The van der Waals surface area contributed by atoms with E-state index in [1.807, 2.05) is 0 Å². The fourth-order valence-corrected chi connectivity index (χ4v) is 7.65. The lowest BCUT2D eigenvalue weighted by atomic mass is 10.0. The number of hydrogen-bond acceptors (Lipinski definition) is 17. The van der Waals surface area contributed by atoms with Crippen LogP contribution in [0.4, 0.5) is 0 Å². The van der Waals surface area contributed by atoms with Crippen LogP contribution in [0.25, 0.3) is 0 Å². The van der Waals surface area contributed by atoms with Gasteiger partial charge in [0.15, 0.2) is 0 Å². The molecule has 454 valence electrons. The van der Waals surface area contributed by atoms with Gasteiger partial charge < -0.3 is 77.0 Å². The zero-order valence-electron chi connectivity index (χ0n) is 46.1. The first-order valence-corrected chi connectivity index (χ1v) is 27.7. The molecule has 27 nitrogen and oxygen atoms in total. The Morgan fingerprint density at radius 1 is 0.367 bits per heavy atom. The highest BCUT2D eigenvalue weighted by Gasteiger charge is 2.25. The van der Waals surface area contributed by atoms with Crippen LogP contribution in [0.5, 0.6) is 0 Å². The van der Waals surface area contributed by atoms with E-state index in [2.05, 4.69) is 43.9 Å². The van der Waals surface area contributed by atoms with E-state index in [9.17, 15) is 63.3 Å². The normalized spacial score (nSPS) is 12.5. The molecule has 0 unspecified atom stereocenters. The number of hydrazine groups is 1. The van der Waals surface area contributed by atoms with Gasteiger partial charge in [-0.3, -0.25) is 44.8 Å². The van der Waals surface area contributed by atoms with Gasteiger partial charge in [-0.1, -0.05) is 83.6 Å². The number of unbranched alkanes of at least 4 members (excludes halogenated alkanes) is 14. The molecule has 0 rings (SSSR count). The van der Waals surface area contributed by atoms with Gasteiger partial charge in [0.2, 0.25) is 35.4 Å². The van der Waals surface area contributed by atoms with Gasteiger partial charge in [0.1, 0.15) is 31.3 Å². The molecule has 15 N–H and O–H groups in total. The summed E-state index contributed by atoms with van der Waals surface area (Å²) < 4.78 is 21.2. The number of rotatable bonds is 55. The first-order chi connectivity index (χ1) is 37.9. The minimum Gasteiger partial charge on any atom is -0.481 e. The molecule has 0 saturated carbocycles. The third-order valence-electron chi connectivity index (χ3n) is 12.2. The van der Waals surface area contributed by atoms with Crippen LogP contribution in [0, 0.1) is 0 Å². The van der Waals surface area contributed by atoms with E-state index >= 15 is 0 Å². The quantitative estimate of drug-likeness (QED) is 0.0231. The Balaban J connectivity index is 3.97. The standard InChI is InChI=1S/C52H93N9O18/c1-38(53)39(61-54)18-16-17-27-55-43(62)24-21-41(51(72)73)59-46(65)26-23-42(52(74)75)60-48(67)37-79-35-33-77-31-29-57-47(66)36-78-34-32-76-30-28-56-44(63)25-22-40(50(70)71)58-45(64)19-14-12-10-8-6-4-2-3-5-7-9-11-13-15-20-49(68)69/h39-42,61H,1-37,53-54H2,(H,55,62)(H,56,63)(H,57,66)(H,58,64)(H,59,65)(H,60,67)(H,68,69)(H,70,71)(H,72,73)(H,74,75)/t39-,40-,41-,42-/m0/s1. The Bertz CT molecular complexity index is 1800. The predicted molar refractivity (Wildman–Crippen MR) is 289 cm³/mol. The highest BCUT2D eigenvalue weighted by Crippen LogP contribution is 2.14. The number of carboxylic acids is 4. The second kappa shape index (κ2) is 49.1. The third-order valence-corrected chi connectivity index (χ3v) is 12.2. The number of aliphatic carboxylic acids is 4. The van der Waals surface area contributed by atoms with Crippen LogP contribution >= 0.6 is 0 Å². The van der Waals surface area contributed by atoms with Gasteiger partial charge in [-0.05, 0) is 51.4 Å². The van der Waals surface area contributed by atoms with Gasteiger partial charge >= 0.3 is 23.9 Å². The summed E-state index contributed by atoms with van der Waals surface area (Å²) in [6.45, 7) is 3.97. The Morgan fingerprint density at radius 2 is 0.722 bits per heavy atom. The average Bonchev–Trinajstić information content (AvgIpc) is 3.39. The van der Waals surface area contributed by atoms with Gasteiger partial charge in [0.25, 0.3) is 0 Å². The number of nitrogens with two attached hydrogens (primary N) is 2. The summed E-state index contributed by atoms with van der Waals surface area (Å²) in [6, 6.07) is -4.32. The first-order valence-electron chi connectivity index (χ1n) is 27.7. The van der Waals surface area contributed by atoms with Crippen molar-refractivity contribution in [2.45, 2.75) is 185 Å². The molecule has 0 radical (unpaired) electrons. The maximum atomic E-state index is 12.5. The molecule has 0 bridgehead atoms. The topological polar surface area (TPSA) is 425 Å². The minimum absolute atomic E-state index is 0.0416. The van der Waals surface area contributed by atoms with E-state index in [-0.39, 0.29) is 116 Å². The lowest BCUT2D eigenvalue weighted by Gasteiger charge is -2.17. The molecule has 27 heteroatoms. The van der Waals surface area contributed by atoms with Crippen molar-refractivity contribution in [3.8, 4) is 0 Å². The second-order valence-corrected chi connectivity index (χ2v) is 19.0. The highest BCUT2D eigenvalue weighted by atomic mass is 16.5. The van der Waals surface area contributed by atoms with Gasteiger partial charge in [0, 0.05) is 57.4 Å². The van der Waals surface area contributed by atoms with Crippen molar-refractivity contribution in [2.24, 2.45) is 11.6 Å². The van der Waals surface area contributed by atoms with Crippen molar-refractivity contribution in [1.29, 1.82) is 0 Å². The van der Waals surface area contributed by atoms with Crippen LogP contribution < -0.4 is 48.9 Å². The zero-order valence-corrected chi connectivity index (χ0v) is 46.1. The van der Waals surface area contributed by atoms with Crippen LogP contribution in [-0.2, 0) is 66.9 Å². The summed E-state index contributed by atoms with van der Waals surface area (Å²) in [5, 5.41) is 52.2. The Kier molecular flexibility index (Phi) is 45.3. The molecule has 0 fully saturated rings. The van der Waals surface area contributed by atoms with E-state index in [4.69, 9.17) is 35.6 Å². The molecular formula is C52H93N9O18. The largest absolute Gasteiger partial charge is 0.481 e. The van der Waals surface area contributed by atoms with Crippen LogP contribution in [0.15, 0.2) is 12.3 Å². The number of nitrogens with one attached hydrogen (secondary N) is 7. The predicted octanol–water partition coefficient (Wildman–Crippen LogP) is 1.25. The third kappa shape index (κ3) is 45.6. The van der Waals surface area contributed by atoms with Crippen molar-refractivity contribution in [3.05, 3.63) is 12.3 Å². The molecule has 0 heterocycles. The average molecular weight is 1130 g/mol. The number of amides is 6. The van der Waals surface area contributed by atoms with Crippen molar-refractivity contribution >= 4 is 59.3 Å². The maximum absolute atomic E-state index is 12.5. The maximum Gasteiger partial charge on any atom is 0.326 e. The van der Waals surface area contributed by atoms with Crippen molar-refractivity contribution < 1.29 is 87.3 Å². The van der Waals surface area contributed by atoms with Crippen molar-refractivity contribution in [3.63, 3.8) is 0 Å². The van der Waals surface area contributed by atoms with Gasteiger partial charge in [0.05, 0.1) is 45.7 Å². The lowest BCUT2D eigenvalue weighted by Crippen LogP contribution is -2.45. The van der Waals surface area contributed by atoms with E-state index in [0.29, 0.717) is 37.9 Å². The fourth-order valence-electron chi connectivity index (χ4n) is 7.65. The number of carboxylic acid groups (broad SMARTS) is 4. The fraction of sp³-hybridized carbons (Fsp3) is 0.769. The molecule has 0 saturated heterocycles. The van der Waals surface area contributed by atoms with E-state index < -0.39 is 84.6 Å². The summed E-state index contributed by atoms with van der Waals surface area (Å²) in [7, 11) is 0. The Hall–Kier alpha value is -6.00. The SMILES string of the molecule is C=C(N)[C@H](CCCCNC(=O)CC[C@H](NC(=O)CC[C@H](NC(=O)COCCOCCNC(=O)COCCOCCNC(=O)CC[C@H](NC(=O)CCCCCCCCCCCCCCCCC(=O)O)C(=O)O)C(=O)O)C(=O)O)NN. The first kappa shape index (κ1) is 73.0. The second-order valence-electron chi connectivity index (χ2n) is 19.0. The molecule has 0 aliphatic carbocycles. The van der Waals surface area contributed by atoms with E-state index in [1.54, 1.807) is 0 Å². The Labute approximate surface area is 463 Å². The summed E-state index contributed by atoms with van der Waals surface area (Å²) in [6.07, 6.45) is 15.8. The zero-order chi connectivity index (χ0) is 58.9. The molecule has 4 atom stereocenters. The van der Waals surface area contributed by atoms with E-state index in [0.717, 1.165) is 51.4 Å². The number of carbonyl (C=O) groups is 10. The molecule has 0 aromatic carbocycles. The van der Waals surface area contributed by atoms with Gasteiger partial charge in [-0.25, -0.2) is 14.4 Å². The minimum atomic E-state index is -1.48.